The zero-order valence-corrected chi connectivity index (χ0v) is 20.3. The third kappa shape index (κ3) is 8.38. The number of hydrogen-bond acceptors (Lipinski definition) is 5. The number of nitrogens with one attached hydrogen (secondary N) is 2. The Morgan fingerprint density at radius 1 is 1.09 bits per heavy atom. The molecule has 0 aliphatic carbocycles. The summed E-state index contributed by atoms with van der Waals surface area (Å²) in [6.07, 6.45) is -0.0297. The number of nitrogens with zero attached hydrogens (tertiary/aromatic N) is 2. The van der Waals surface area contributed by atoms with Crippen LogP contribution in [0.4, 0.5) is 8.78 Å². The Balaban J connectivity index is 1.62. The van der Waals surface area contributed by atoms with E-state index in [9.17, 15) is 23.5 Å². The van der Waals surface area contributed by atoms with Crippen molar-refractivity contribution in [1.29, 1.82) is 0 Å². The zero-order chi connectivity index (χ0) is 25.4. The van der Waals surface area contributed by atoms with Gasteiger partial charge in [0.05, 0.1) is 25.2 Å². The maximum absolute atomic E-state index is 13.7. The molecule has 35 heavy (non-hydrogen) atoms. The largest absolute Gasteiger partial charge is 0.390 e. The van der Waals surface area contributed by atoms with E-state index in [4.69, 9.17) is 0 Å². The van der Waals surface area contributed by atoms with Gasteiger partial charge in [-0.05, 0) is 41.7 Å². The molecule has 1 saturated heterocycles. The monoisotopic (exact) mass is 488 g/mol. The Labute approximate surface area is 205 Å². The van der Waals surface area contributed by atoms with Crippen molar-refractivity contribution in [3.05, 3.63) is 70.8 Å². The number of carbonyl (C=O) groups excluding carboxylic acids is 2. The van der Waals surface area contributed by atoms with E-state index in [0.717, 1.165) is 18.1 Å². The second-order valence-corrected chi connectivity index (χ2v) is 9.05. The number of aliphatic hydroxyl groups excluding tert-OH is 1. The molecule has 0 aromatic heterocycles. The lowest BCUT2D eigenvalue weighted by molar-refractivity contribution is -0.135. The molecule has 9 heteroatoms. The zero-order valence-electron chi connectivity index (χ0n) is 20.3. The standard InChI is InChI=1S/C26H34F2N4O3/c1-3-18-5-4-6-19(9-18)14-29-15-24(33)23(12-20-10-21(27)13-22(28)11-20)30-25(34)16-32-8-7-31(2)26(35)17-32/h4-6,9-11,13,23-24,29,33H,3,7-8,12,14-17H2,1-2H3,(H,30,34)/t23-,24+/m0/s1. The quantitative estimate of drug-likeness (QED) is 0.446. The molecule has 2 aromatic rings. The number of aryl methyl sites for hydroxylation is 1. The maximum Gasteiger partial charge on any atom is 0.236 e. The summed E-state index contributed by atoms with van der Waals surface area (Å²) in [5.41, 5.74) is 2.62. The Morgan fingerprint density at radius 2 is 1.80 bits per heavy atom. The van der Waals surface area contributed by atoms with Crippen molar-refractivity contribution in [2.24, 2.45) is 0 Å². The van der Waals surface area contributed by atoms with Gasteiger partial charge in [0.25, 0.3) is 0 Å². The van der Waals surface area contributed by atoms with Crippen molar-refractivity contribution in [2.45, 2.75) is 38.5 Å². The number of benzene rings is 2. The first-order valence-corrected chi connectivity index (χ1v) is 11.9. The third-order valence-electron chi connectivity index (χ3n) is 6.17. The summed E-state index contributed by atoms with van der Waals surface area (Å²) in [7, 11) is 1.72. The summed E-state index contributed by atoms with van der Waals surface area (Å²) >= 11 is 0. The Morgan fingerprint density at radius 3 is 2.49 bits per heavy atom. The average Bonchev–Trinajstić information content (AvgIpc) is 2.80. The van der Waals surface area contributed by atoms with Gasteiger partial charge in [-0.25, -0.2) is 8.78 Å². The molecule has 0 bridgehead atoms. The summed E-state index contributed by atoms with van der Waals surface area (Å²) in [4.78, 5) is 28.0. The molecule has 1 aliphatic rings. The fourth-order valence-electron chi connectivity index (χ4n) is 4.13. The number of hydrogen-bond donors (Lipinski definition) is 3. The van der Waals surface area contributed by atoms with E-state index in [1.165, 1.54) is 17.7 Å². The minimum atomic E-state index is -1.01. The maximum atomic E-state index is 13.7. The van der Waals surface area contributed by atoms with Crippen molar-refractivity contribution in [2.75, 3.05) is 39.8 Å². The number of halogens is 2. The molecule has 2 amide bonds. The first-order chi connectivity index (χ1) is 16.7. The molecule has 0 saturated carbocycles. The summed E-state index contributed by atoms with van der Waals surface area (Å²) < 4.78 is 27.5. The van der Waals surface area contributed by atoms with E-state index in [2.05, 4.69) is 29.7 Å². The lowest BCUT2D eigenvalue weighted by Crippen LogP contribution is -2.54. The van der Waals surface area contributed by atoms with Gasteiger partial charge in [-0.3, -0.25) is 14.5 Å². The van der Waals surface area contributed by atoms with Crippen LogP contribution in [0.5, 0.6) is 0 Å². The van der Waals surface area contributed by atoms with Gasteiger partial charge in [0, 0.05) is 39.3 Å². The highest BCUT2D eigenvalue weighted by Crippen LogP contribution is 2.13. The molecule has 1 fully saturated rings. The van der Waals surface area contributed by atoms with Crippen molar-refractivity contribution < 1.29 is 23.5 Å². The van der Waals surface area contributed by atoms with Gasteiger partial charge in [0.2, 0.25) is 11.8 Å². The molecular formula is C26H34F2N4O3. The first-order valence-electron chi connectivity index (χ1n) is 11.9. The van der Waals surface area contributed by atoms with Gasteiger partial charge >= 0.3 is 0 Å². The molecule has 2 aromatic carbocycles. The SMILES string of the molecule is CCc1cccc(CNC[C@@H](O)[C@H](Cc2cc(F)cc(F)c2)NC(=O)CN2CCN(C)C(=O)C2)c1. The minimum absolute atomic E-state index is 0.00243. The number of likely N-dealkylation sites (N-methyl/N-ethyl adjacent to an activating group) is 1. The Kier molecular flexibility index (Phi) is 9.71. The number of aliphatic hydroxyl groups is 1. The van der Waals surface area contributed by atoms with E-state index in [1.807, 2.05) is 12.1 Å². The van der Waals surface area contributed by atoms with Gasteiger partial charge in [0.1, 0.15) is 11.6 Å². The summed E-state index contributed by atoms with van der Waals surface area (Å²) in [5.74, 6) is -1.86. The van der Waals surface area contributed by atoms with Crippen LogP contribution in [0.15, 0.2) is 42.5 Å². The number of amides is 2. The van der Waals surface area contributed by atoms with Crippen LogP contribution >= 0.6 is 0 Å². The van der Waals surface area contributed by atoms with Crippen LogP contribution < -0.4 is 10.6 Å². The summed E-state index contributed by atoms with van der Waals surface area (Å²) in [6, 6.07) is 10.5. The van der Waals surface area contributed by atoms with Crippen molar-refractivity contribution in [1.82, 2.24) is 20.4 Å². The predicted molar refractivity (Wildman–Crippen MR) is 130 cm³/mol. The van der Waals surface area contributed by atoms with E-state index in [0.29, 0.717) is 25.2 Å². The van der Waals surface area contributed by atoms with Crippen molar-refractivity contribution in [3.63, 3.8) is 0 Å². The molecule has 1 aliphatic heterocycles. The highest BCUT2D eigenvalue weighted by atomic mass is 19.1. The van der Waals surface area contributed by atoms with E-state index in [-0.39, 0.29) is 37.9 Å². The van der Waals surface area contributed by atoms with Crippen LogP contribution in [0.1, 0.15) is 23.6 Å². The second kappa shape index (κ2) is 12.7. The highest BCUT2D eigenvalue weighted by Gasteiger charge is 2.26. The molecule has 3 rings (SSSR count). The lowest BCUT2D eigenvalue weighted by atomic mass is 10.0. The van der Waals surface area contributed by atoms with E-state index >= 15 is 0 Å². The van der Waals surface area contributed by atoms with Gasteiger partial charge in [-0.15, -0.1) is 0 Å². The summed E-state index contributed by atoms with van der Waals surface area (Å²) in [5, 5.41) is 16.9. The van der Waals surface area contributed by atoms with E-state index in [1.54, 1.807) is 16.8 Å². The Hall–Kier alpha value is -2.88. The molecule has 2 atom stereocenters. The van der Waals surface area contributed by atoms with Crippen LogP contribution in [0, 0.1) is 11.6 Å². The van der Waals surface area contributed by atoms with Crippen molar-refractivity contribution in [3.8, 4) is 0 Å². The lowest BCUT2D eigenvalue weighted by Gasteiger charge is -2.32. The average molecular weight is 489 g/mol. The smallest absolute Gasteiger partial charge is 0.236 e. The second-order valence-electron chi connectivity index (χ2n) is 9.05. The number of piperazine rings is 1. The van der Waals surface area contributed by atoms with Crippen LogP contribution in [-0.4, -0.2) is 78.6 Å². The van der Waals surface area contributed by atoms with Gasteiger partial charge < -0.3 is 20.6 Å². The topological polar surface area (TPSA) is 84.9 Å². The number of rotatable bonds is 11. The van der Waals surface area contributed by atoms with Crippen LogP contribution in [0.3, 0.4) is 0 Å². The van der Waals surface area contributed by atoms with Crippen LogP contribution in [0.2, 0.25) is 0 Å². The molecule has 0 radical (unpaired) electrons. The fourth-order valence-corrected chi connectivity index (χ4v) is 4.13. The van der Waals surface area contributed by atoms with Gasteiger partial charge in [0.15, 0.2) is 0 Å². The Bertz CT molecular complexity index is 1000. The molecule has 3 N–H and O–H groups in total. The molecule has 1 heterocycles. The molecule has 0 spiro atoms. The third-order valence-corrected chi connectivity index (χ3v) is 6.17. The predicted octanol–water partition coefficient (Wildman–Crippen LogP) is 1.48. The van der Waals surface area contributed by atoms with Crippen LogP contribution in [0.25, 0.3) is 0 Å². The molecular weight excluding hydrogens is 454 g/mol. The van der Waals surface area contributed by atoms with Crippen LogP contribution in [-0.2, 0) is 29.0 Å². The van der Waals surface area contributed by atoms with Crippen molar-refractivity contribution >= 4 is 11.8 Å². The van der Waals surface area contributed by atoms with Gasteiger partial charge in [-0.2, -0.15) is 0 Å². The normalized spacial score (nSPS) is 16.3. The molecule has 190 valence electrons. The highest BCUT2D eigenvalue weighted by molar-refractivity contribution is 5.82. The van der Waals surface area contributed by atoms with Gasteiger partial charge in [-0.1, -0.05) is 31.2 Å². The number of carbonyl (C=O) groups is 2. The first kappa shape index (κ1) is 26.7. The summed E-state index contributed by atoms with van der Waals surface area (Å²) in [6.45, 7) is 4.02. The fraction of sp³-hybridized carbons (Fsp3) is 0.462. The molecule has 7 nitrogen and oxygen atoms in total. The van der Waals surface area contributed by atoms with E-state index < -0.39 is 23.8 Å². The molecule has 0 unspecified atom stereocenters. The minimum Gasteiger partial charge on any atom is -0.390 e.